The van der Waals surface area contributed by atoms with Crippen LogP contribution in [0.1, 0.15) is 30.4 Å². The van der Waals surface area contributed by atoms with E-state index in [9.17, 15) is 13.2 Å². The van der Waals surface area contributed by atoms with Gasteiger partial charge in [0.15, 0.2) is 0 Å². The van der Waals surface area contributed by atoms with Gasteiger partial charge < -0.3 is 15.0 Å². The van der Waals surface area contributed by atoms with Crippen LogP contribution in [0.3, 0.4) is 0 Å². The molecular formula is C31H33ClF3N3O. The number of alkyl halides is 3. The van der Waals surface area contributed by atoms with E-state index in [1.54, 1.807) is 12.1 Å². The van der Waals surface area contributed by atoms with Gasteiger partial charge in [-0.05, 0) is 104 Å². The normalized spacial score (nSPS) is 15.2. The second kappa shape index (κ2) is 12.0. The molecule has 3 aromatic carbocycles. The lowest BCUT2D eigenvalue weighted by molar-refractivity contribution is -0.274. The van der Waals surface area contributed by atoms with Crippen molar-refractivity contribution >= 4 is 22.5 Å². The Morgan fingerprint density at radius 3 is 2.28 bits per heavy atom. The van der Waals surface area contributed by atoms with Crippen molar-refractivity contribution < 1.29 is 17.9 Å². The summed E-state index contributed by atoms with van der Waals surface area (Å²) < 4.78 is 44.1. The van der Waals surface area contributed by atoms with Crippen LogP contribution in [0.25, 0.3) is 22.0 Å². The van der Waals surface area contributed by atoms with E-state index >= 15 is 0 Å². The molecule has 206 valence electrons. The van der Waals surface area contributed by atoms with Gasteiger partial charge in [0.1, 0.15) is 5.75 Å². The van der Waals surface area contributed by atoms with Crippen LogP contribution < -0.4 is 10.5 Å². The topological polar surface area (TPSA) is 43.4 Å². The van der Waals surface area contributed by atoms with Crippen LogP contribution in [0.4, 0.5) is 13.2 Å². The molecule has 1 aliphatic heterocycles. The second-order valence-electron chi connectivity index (χ2n) is 10.4. The third-order valence-corrected chi connectivity index (χ3v) is 7.75. The van der Waals surface area contributed by atoms with Crippen molar-refractivity contribution in [1.29, 1.82) is 0 Å². The van der Waals surface area contributed by atoms with E-state index in [4.69, 9.17) is 17.3 Å². The number of nitrogens with two attached hydrogens (primary N) is 1. The maximum Gasteiger partial charge on any atom is 0.573 e. The van der Waals surface area contributed by atoms with Crippen LogP contribution in [0.5, 0.6) is 5.75 Å². The van der Waals surface area contributed by atoms with Gasteiger partial charge in [0.25, 0.3) is 0 Å². The first kappa shape index (κ1) is 27.6. The fourth-order valence-electron chi connectivity index (χ4n) is 5.52. The lowest BCUT2D eigenvalue weighted by Gasteiger charge is -2.32. The van der Waals surface area contributed by atoms with Gasteiger partial charge in [-0.2, -0.15) is 0 Å². The SMILES string of the molecule is NCCCn1cc(-c2ccc(OC(F)(F)F)cc2)c2cc(CN3CCC(Cc4ccc(Cl)cc4)CC3)ccc21. The lowest BCUT2D eigenvalue weighted by Crippen LogP contribution is -2.33. The number of nitrogens with zero attached hydrogens (tertiary/aromatic N) is 2. The van der Waals surface area contributed by atoms with Crippen molar-refractivity contribution in [3.8, 4) is 16.9 Å². The van der Waals surface area contributed by atoms with Crippen molar-refractivity contribution in [2.75, 3.05) is 19.6 Å². The number of aryl methyl sites for hydroxylation is 1. The maximum atomic E-state index is 12.6. The Balaban J connectivity index is 1.31. The number of hydrogen-bond donors (Lipinski definition) is 1. The minimum Gasteiger partial charge on any atom is -0.406 e. The first-order valence-electron chi connectivity index (χ1n) is 13.4. The fourth-order valence-corrected chi connectivity index (χ4v) is 5.64. The summed E-state index contributed by atoms with van der Waals surface area (Å²) in [6.45, 7) is 4.35. The summed E-state index contributed by atoms with van der Waals surface area (Å²) in [6, 6.07) is 20.8. The van der Waals surface area contributed by atoms with Gasteiger partial charge in [-0.3, -0.25) is 4.90 Å². The monoisotopic (exact) mass is 555 g/mol. The van der Waals surface area contributed by atoms with Crippen LogP contribution in [-0.2, 0) is 19.5 Å². The van der Waals surface area contributed by atoms with E-state index in [1.807, 2.05) is 12.1 Å². The van der Waals surface area contributed by atoms with Crippen molar-refractivity contribution in [2.45, 2.75) is 45.1 Å². The Morgan fingerprint density at radius 1 is 0.923 bits per heavy atom. The fraction of sp³-hybridized carbons (Fsp3) is 0.355. The molecule has 0 radical (unpaired) electrons. The van der Waals surface area contributed by atoms with Crippen LogP contribution >= 0.6 is 11.6 Å². The average molecular weight is 556 g/mol. The van der Waals surface area contributed by atoms with Crippen molar-refractivity contribution in [3.05, 3.63) is 89.1 Å². The molecule has 4 aromatic rings. The predicted molar refractivity (Wildman–Crippen MR) is 151 cm³/mol. The highest BCUT2D eigenvalue weighted by Gasteiger charge is 2.31. The molecule has 1 aliphatic rings. The molecule has 4 nitrogen and oxygen atoms in total. The lowest BCUT2D eigenvalue weighted by atomic mass is 9.90. The molecular weight excluding hydrogens is 523 g/mol. The largest absolute Gasteiger partial charge is 0.573 e. The van der Waals surface area contributed by atoms with Crippen LogP contribution in [-0.4, -0.2) is 35.5 Å². The molecule has 8 heteroatoms. The van der Waals surface area contributed by atoms with Crippen molar-refractivity contribution in [1.82, 2.24) is 9.47 Å². The van der Waals surface area contributed by atoms with Gasteiger partial charge in [-0.15, -0.1) is 13.2 Å². The molecule has 0 aliphatic carbocycles. The smallest absolute Gasteiger partial charge is 0.406 e. The number of ether oxygens (including phenoxy) is 1. The molecule has 0 saturated carbocycles. The predicted octanol–water partition coefficient (Wildman–Crippen LogP) is 7.66. The quantitative estimate of drug-likeness (QED) is 0.230. The first-order chi connectivity index (χ1) is 18.8. The van der Waals surface area contributed by atoms with Crippen molar-refractivity contribution in [3.63, 3.8) is 0 Å². The summed E-state index contributed by atoms with van der Waals surface area (Å²) in [5.74, 6) is 0.454. The zero-order chi connectivity index (χ0) is 27.4. The highest BCUT2D eigenvalue weighted by Crippen LogP contribution is 2.34. The number of likely N-dealkylation sites (tertiary alicyclic amines) is 1. The van der Waals surface area contributed by atoms with E-state index < -0.39 is 6.36 Å². The number of hydrogen-bond acceptors (Lipinski definition) is 3. The molecule has 0 amide bonds. The van der Waals surface area contributed by atoms with Gasteiger partial charge >= 0.3 is 6.36 Å². The van der Waals surface area contributed by atoms with Gasteiger partial charge in [-0.25, -0.2) is 0 Å². The Bertz CT molecular complexity index is 1380. The molecule has 2 N–H and O–H groups in total. The molecule has 0 spiro atoms. The molecule has 0 bridgehead atoms. The van der Waals surface area contributed by atoms with Crippen LogP contribution in [0, 0.1) is 5.92 Å². The number of aromatic nitrogens is 1. The van der Waals surface area contributed by atoms with E-state index in [2.05, 4.69) is 50.7 Å². The molecule has 0 unspecified atom stereocenters. The van der Waals surface area contributed by atoms with Crippen LogP contribution in [0.2, 0.25) is 5.02 Å². The van der Waals surface area contributed by atoms with E-state index in [1.165, 1.54) is 23.3 Å². The summed E-state index contributed by atoms with van der Waals surface area (Å²) in [7, 11) is 0. The molecule has 39 heavy (non-hydrogen) atoms. The minimum absolute atomic E-state index is 0.224. The summed E-state index contributed by atoms with van der Waals surface area (Å²) in [5, 5.41) is 1.86. The second-order valence-corrected chi connectivity index (χ2v) is 10.8. The Kier molecular flexibility index (Phi) is 8.50. The third kappa shape index (κ3) is 7.15. The standard InChI is InChI=1S/C31H33ClF3N3O/c32-26-7-2-22(3-8-26)18-23-12-16-37(17-13-23)20-24-4-11-30-28(19-24)29(21-38(30)15-1-14-36)25-5-9-27(10-6-25)39-31(33,34)35/h2-11,19,21,23H,1,12-18,20,36H2. The Morgan fingerprint density at radius 2 is 1.62 bits per heavy atom. The molecule has 1 saturated heterocycles. The van der Waals surface area contributed by atoms with Gasteiger partial charge in [-0.1, -0.05) is 41.9 Å². The minimum atomic E-state index is -4.71. The molecule has 2 heterocycles. The number of rotatable bonds is 9. The molecule has 5 rings (SSSR count). The number of halogens is 4. The number of piperidine rings is 1. The molecule has 1 aromatic heterocycles. The van der Waals surface area contributed by atoms with Crippen molar-refractivity contribution in [2.24, 2.45) is 11.7 Å². The Hall–Kier alpha value is -3.00. The molecule has 1 fully saturated rings. The number of fused-ring (bicyclic) bond motifs is 1. The van der Waals surface area contributed by atoms with Gasteiger partial charge in [0.2, 0.25) is 0 Å². The highest BCUT2D eigenvalue weighted by atomic mass is 35.5. The van der Waals surface area contributed by atoms with E-state index in [-0.39, 0.29) is 5.75 Å². The summed E-state index contributed by atoms with van der Waals surface area (Å²) in [5.41, 5.74) is 11.3. The highest BCUT2D eigenvalue weighted by molar-refractivity contribution is 6.30. The zero-order valence-corrected chi connectivity index (χ0v) is 22.5. The Labute approximate surface area is 232 Å². The van der Waals surface area contributed by atoms with Crippen LogP contribution in [0.15, 0.2) is 72.9 Å². The maximum absolute atomic E-state index is 12.6. The summed E-state index contributed by atoms with van der Waals surface area (Å²) in [6.07, 6.45) is 1.62. The first-order valence-corrected chi connectivity index (χ1v) is 13.8. The van der Waals surface area contributed by atoms with E-state index in [0.29, 0.717) is 12.5 Å². The van der Waals surface area contributed by atoms with Gasteiger partial charge in [0.05, 0.1) is 0 Å². The van der Waals surface area contributed by atoms with Gasteiger partial charge in [0, 0.05) is 40.8 Å². The third-order valence-electron chi connectivity index (χ3n) is 7.50. The summed E-state index contributed by atoms with van der Waals surface area (Å²) in [4.78, 5) is 2.51. The average Bonchev–Trinajstić information content (AvgIpc) is 3.27. The zero-order valence-electron chi connectivity index (χ0n) is 21.8. The summed E-state index contributed by atoms with van der Waals surface area (Å²) >= 11 is 6.03. The molecule has 0 atom stereocenters. The van der Waals surface area contributed by atoms with E-state index in [0.717, 1.165) is 78.9 Å². The number of benzene rings is 3.